The molecule has 116 heavy (non-hydrogen) atoms. The van der Waals surface area contributed by atoms with Gasteiger partial charge in [0.1, 0.15) is 44.3 Å². The number of nitrogens with zero attached hydrogens (tertiary/aromatic N) is 13. The number of fused-ring (bicyclic) bond motifs is 15. The molecule has 0 aliphatic heterocycles. The molecular formula is C96H87N13O5S2+4. The van der Waals surface area contributed by atoms with E-state index < -0.39 is 0 Å². The van der Waals surface area contributed by atoms with E-state index in [4.69, 9.17) is 27.1 Å². The third-order valence-electron chi connectivity index (χ3n) is 23.1. The normalized spacial score (nSPS) is 11.9. The molecule has 10 aromatic carbocycles. The van der Waals surface area contributed by atoms with Crippen molar-refractivity contribution in [2.24, 2.45) is 35.2 Å². The molecule has 574 valence electrons. The number of benzene rings is 10. The number of rotatable bonds is 7. The Hall–Kier alpha value is -13.3. The fourth-order valence-corrected chi connectivity index (χ4v) is 19.8. The van der Waals surface area contributed by atoms with Crippen LogP contribution in [-0.2, 0) is 35.2 Å². The average Bonchev–Trinajstić information content (AvgIpc) is 1.57. The predicted octanol–water partition coefficient (Wildman–Crippen LogP) is 21.9. The van der Waals surface area contributed by atoms with Crippen LogP contribution >= 0.6 is 22.7 Å². The molecule has 22 rings (SSSR count). The molecule has 0 saturated heterocycles. The summed E-state index contributed by atoms with van der Waals surface area (Å²) in [7, 11) is 10.6. The Balaban J connectivity index is 0.000000105. The van der Waals surface area contributed by atoms with Gasteiger partial charge in [-0.3, -0.25) is 0 Å². The lowest BCUT2D eigenvalue weighted by Gasteiger charge is -2.11. The van der Waals surface area contributed by atoms with Crippen LogP contribution in [0, 0.1) is 90.0 Å². The Morgan fingerprint density at radius 3 is 1.46 bits per heavy atom. The van der Waals surface area contributed by atoms with E-state index in [2.05, 4.69) is 320 Å². The van der Waals surface area contributed by atoms with E-state index in [1.165, 1.54) is 137 Å². The summed E-state index contributed by atoms with van der Waals surface area (Å²) in [6, 6.07) is 66.9. The Bertz CT molecular complexity index is 7500. The lowest BCUT2D eigenvalue weighted by atomic mass is 10.0. The SMILES string of the molecule is Cc1ccccc1-n1c(-c2c(C)ccc3c2sc2c3nc(C)n2C)[n+](C)c2ccccc21.Cc1nc2c(o1)oc1c(-n3ccc[n+]3C)c(C)ccc12.Cc1nc2c(o1)oc1cc(-c3n(-c4c(C)cccc4C)c4ccccc4[n+]3C)c(C)cc12.Cc1nc2c(o1)sc1cc(-c3n(-c4c(C)cccc4C)c4ccccc4[n+]3C)c(C)cc12. The van der Waals surface area contributed by atoms with Gasteiger partial charge in [0.05, 0.1) is 59.5 Å². The van der Waals surface area contributed by atoms with Crippen LogP contribution in [0.3, 0.4) is 0 Å². The van der Waals surface area contributed by atoms with E-state index in [1.54, 1.807) is 11.3 Å². The second kappa shape index (κ2) is 27.8. The van der Waals surface area contributed by atoms with Gasteiger partial charge in [-0.25, -0.2) is 33.6 Å². The number of furan rings is 2. The Morgan fingerprint density at radius 2 is 0.862 bits per heavy atom. The van der Waals surface area contributed by atoms with E-state index >= 15 is 0 Å². The van der Waals surface area contributed by atoms with Gasteiger partial charge in [0.25, 0.3) is 17.5 Å². The molecule has 20 heteroatoms. The van der Waals surface area contributed by atoms with Crippen LogP contribution in [0.2, 0.25) is 0 Å². The van der Waals surface area contributed by atoms with Gasteiger partial charge in [-0.15, -0.1) is 20.7 Å². The standard InChI is InChI=1S/C27H25N4S.C27H24N3O2.C27H24N3OS.C15H14N3O2/c1-16-10-6-7-11-20(16)31-22-13-9-8-12-21(22)30(5)26(31)23-17(2)14-15-19-24-27(32-25(19)23)29(4)18(3)28-24;2*1-15-9-8-10-16(2)25(15)30-22-12-7-6-11-21(22)29(5)26(30)19-14-23-20(13-17(19)3)24-27(32-23)31-18(4)28-24;1-9-5-6-11-12-15(19-10(2)16-12)20-14(11)13(9)18-8-4-7-17(18)3/h6-15H,1-5H3;2*6-14H,1-5H3;4-8H,1-3H3/q4*+1. The minimum absolute atomic E-state index is 0.480. The first kappa shape index (κ1) is 72.9. The molecule has 0 atom stereocenters. The summed E-state index contributed by atoms with van der Waals surface area (Å²) in [6.07, 6.45) is 4.00. The van der Waals surface area contributed by atoms with Gasteiger partial charge >= 0.3 is 11.6 Å². The highest BCUT2D eigenvalue weighted by molar-refractivity contribution is 7.26. The average molecular weight is 1570 g/mol. The van der Waals surface area contributed by atoms with Gasteiger partial charge in [-0.2, -0.15) is 13.7 Å². The molecule has 22 aromatic rings. The Kier molecular flexibility index (Phi) is 17.5. The quantitative estimate of drug-likeness (QED) is 0.142. The summed E-state index contributed by atoms with van der Waals surface area (Å²) in [5.74, 6) is 7.46. The van der Waals surface area contributed by atoms with Crippen molar-refractivity contribution in [3.05, 3.63) is 274 Å². The van der Waals surface area contributed by atoms with Gasteiger partial charge in [0.2, 0.25) is 4.90 Å². The second-order valence-corrected chi connectivity index (χ2v) is 32.8. The first-order chi connectivity index (χ1) is 56.0. The van der Waals surface area contributed by atoms with Crippen LogP contribution in [0.4, 0.5) is 0 Å². The van der Waals surface area contributed by atoms with Crippen molar-refractivity contribution in [1.29, 1.82) is 0 Å². The van der Waals surface area contributed by atoms with Crippen molar-refractivity contribution in [2.45, 2.75) is 90.0 Å². The lowest BCUT2D eigenvalue weighted by molar-refractivity contribution is -0.744. The second-order valence-electron chi connectivity index (χ2n) is 30.8. The van der Waals surface area contributed by atoms with Crippen LogP contribution in [0.5, 0.6) is 0 Å². The number of oxazole rings is 3. The topological polar surface area (TPSA) is 157 Å². The van der Waals surface area contributed by atoms with E-state index in [-0.39, 0.29) is 0 Å². The summed E-state index contributed by atoms with van der Waals surface area (Å²) in [4.78, 5) is 20.5. The highest BCUT2D eigenvalue weighted by Gasteiger charge is 2.35. The van der Waals surface area contributed by atoms with Crippen molar-refractivity contribution in [3.8, 4) is 56.9 Å². The van der Waals surface area contributed by atoms with E-state index in [1.807, 2.05) is 73.0 Å². The number of hydrogen-bond donors (Lipinski definition) is 0. The molecule has 0 radical (unpaired) electrons. The van der Waals surface area contributed by atoms with Crippen molar-refractivity contribution < 1.29 is 40.5 Å². The lowest BCUT2D eigenvalue weighted by Crippen LogP contribution is -2.37. The fraction of sp³-hybridized carbons (Fsp3) is 0.188. The molecule has 0 saturated carbocycles. The van der Waals surface area contributed by atoms with Gasteiger partial charge in [-0.05, 0) is 192 Å². The van der Waals surface area contributed by atoms with Crippen molar-refractivity contribution in [1.82, 2.24) is 42.9 Å². The van der Waals surface area contributed by atoms with Gasteiger partial charge < -0.3 is 26.7 Å². The summed E-state index contributed by atoms with van der Waals surface area (Å²) >= 11 is 3.52. The molecule has 12 heterocycles. The number of aromatic nitrogens is 13. The fourth-order valence-electron chi connectivity index (χ4n) is 17.4. The number of thiophene rings is 2. The van der Waals surface area contributed by atoms with E-state index in [9.17, 15) is 0 Å². The smallest absolute Gasteiger partial charge is 0.319 e. The van der Waals surface area contributed by atoms with Crippen molar-refractivity contribution >= 4 is 141 Å². The zero-order valence-electron chi connectivity index (χ0n) is 68.2. The minimum atomic E-state index is 0.480. The number of para-hydroxylation sites is 9. The zero-order chi connectivity index (χ0) is 80.3. The van der Waals surface area contributed by atoms with Gasteiger partial charge in [-0.1, -0.05) is 121 Å². The number of hydrogen-bond acceptors (Lipinski definition) is 11. The molecule has 0 spiro atoms. The molecule has 0 aliphatic rings. The van der Waals surface area contributed by atoms with Crippen LogP contribution < -0.4 is 18.4 Å². The maximum Gasteiger partial charge on any atom is 0.319 e. The van der Waals surface area contributed by atoms with Crippen LogP contribution in [0.15, 0.2) is 223 Å². The van der Waals surface area contributed by atoms with E-state index in [0.717, 1.165) is 88.8 Å². The molecule has 0 N–H and O–H groups in total. The van der Waals surface area contributed by atoms with Crippen molar-refractivity contribution in [2.75, 3.05) is 0 Å². The summed E-state index contributed by atoms with van der Waals surface area (Å²) in [6.45, 7) is 27.2. The number of aryl methyl sites for hydroxylation is 18. The molecule has 0 fully saturated rings. The number of imidazole rings is 4. The molecule has 12 aromatic heterocycles. The largest absolute Gasteiger partial charge is 0.430 e. The first-order valence-electron chi connectivity index (χ1n) is 39.0. The summed E-state index contributed by atoms with van der Waals surface area (Å²) in [5.41, 5.74) is 31.8. The van der Waals surface area contributed by atoms with Crippen LogP contribution in [-0.4, -0.2) is 42.9 Å². The molecular weight excluding hydrogens is 1480 g/mol. The van der Waals surface area contributed by atoms with Gasteiger partial charge in [0, 0.05) is 49.4 Å². The Morgan fingerprint density at radius 1 is 0.371 bits per heavy atom. The predicted molar refractivity (Wildman–Crippen MR) is 465 cm³/mol. The molecule has 0 unspecified atom stereocenters. The maximum atomic E-state index is 6.05. The van der Waals surface area contributed by atoms with Crippen molar-refractivity contribution in [3.63, 3.8) is 0 Å². The third kappa shape index (κ3) is 11.5. The molecule has 0 amide bonds. The Labute approximate surface area is 676 Å². The highest BCUT2D eigenvalue weighted by Crippen LogP contribution is 2.45. The van der Waals surface area contributed by atoms with Gasteiger partial charge in [0.15, 0.2) is 86.3 Å². The molecule has 18 nitrogen and oxygen atoms in total. The molecule has 0 bridgehead atoms. The first-order valence-corrected chi connectivity index (χ1v) is 40.6. The minimum Gasteiger partial charge on any atom is -0.430 e. The molecule has 0 aliphatic carbocycles. The third-order valence-corrected chi connectivity index (χ3v) is 25.4. The van der Waals surface area contributed by atoms with E-state index in [0.29, 0.717) is 23.3 Å². The highest BCUT2D eigenvalue weighted by atomic mass is 32.1. The monoisotopic (exact) mass is 1570 g/mol. The zero-order valence-corrected chi connectivity index (χ0v) is 69.9. The van der Waals surface area contributed by atoms with Crippen LogP contribution in [0.1, 0.15) is 73.6 Å². The maximum absolute atomic E-state index is 6.05. The van der Waals surface area contributed by atoms with Crippen LogP contribution in [0.25, 0.3) is 175 Å². The summed E-state index contributed by atoms with van der Waals surface area (Å²) < 4.78 is 51.8. The summed E-state index contributed by atoms with van der Waals surface area (Å²) in [5, 5.41) is 4.36.